The molecule has 2 atom stereocenters. The van der Waals surface area contributed by atoms with Gasteiger partial charge in [-0.15, -0.1) is 0 Å². The summed E-state index contributed by atoms with van der Waals surface area (Å²) in [6.07, 6.45) is 7.36. The van der Waals surface area contributed by atoms with Crippen LogP contribution in [0.3, 0.4) is 0 Å². The summed E-state index contributed by atoms with van der Waals surface area (Å²) in [5.74, 6) is 1.53. The van der Waals surface area contributed by atoms with Crippen LogP contribution in [-0.4, -0.2) is 23.6 Å². The summed E-state index contributed by atoms with van der Waals surface area (Å²) < 4.78 is 5.73. The maximum atomic E-state index is 5.73. The number of fused-ring (bicyclic) bond motifs is 1. The lowest BCUT2D eigenvalue weighted by Gasteiger charge is -2.28. The molecule has 104 valence electrons. The molecule has 3 rings (SSSR count). The Kier molecular flexibility index (Phi) is 3.92. The zero-order valence-corrected chi connectivity index (χ0v) is 11.6. The Hall–Kier alpha value is -1.94. The van der Waals surface area contributed by atoms with Gasteiger partial charge in [0.05, 0.1) is 18.3 Å². The highest BCUT2D eigenvalue weighted by Gasteiger charge is 2.25. The number of para-hydroxylation sites is 1. The molecule has 0 spiro atoms. The molecule has 2 heterocycles. The van der Waals surface area contributed by atoms with Gasteiger partial charge in [0.25, 0.3) is 0 Å². The van der Waals surface area contributed by atoms with Crippen molar-refractivity contribution >= 4 is 0 Å². The maximum Gasteiger partial charge on any atom is 0.122 e. The van der Waals surface area contributed by atoms with Crippen molar-refractivity contribution in [3.8, 4) is 5.75 Å². The fourth-order valence-electron chi connectivity index (χ4n) is 2.82. The van der Waals surface area contributed by atoms with Crippen molar-refractivity contribution in [2.75, 3.05) is 13.7 Å². The van der Waals surface area contributed by atoms with Gasteiger partial charge in [-0.05, 0) is 37.4 Å². The first kappa shape index (κ1) is 13.1. The van der Waals surface area contributed by atoms with E-state index in [-0.39, 0.29) is 6.04 Å². The van der Waals surface area contributed by atoms with Crippen LogP contribution >= 0.6 is 0 Å². The summed E-state index contributed by atoms with van der Waals surface area (Å²) in [5, 5.41) is 3.35. The van der Waals surface area contributed by atoms with Gasteiger partial charge in [0.15, 0.2) is 0 Å². The molecule has 4 nitrogen and oxygen atoms in total. The van der Waals surface area contributed by atoms with Crippen LogP contribution in [0.25, 0.3) is 0 Å². The maximum absolute atomic E-state index is 5.73. The van der Waals surface area contributed by atoms with E-state index in [9.17, 15) is 0 Å². The molecule has 0 saturated heterocycles. The van der Waals surface area contributed by atoms with E-state index >= 15 is 0 Å². The third-order valence-corrected chi connectivity index (χ3v) is 3.89. The summed E-state index contributed by atoms with van der Waals surface area (Å²) in [5.41, 5.74) is 2.31. The number of hydrogen-bond donors (Lipinski definition) is 1. The van der Waals surface area contributed by atoms with E-state index in [0.717, 1.165) is 30.9 Å². The second kappa shape index (κ2) is 6.01. The van der Waals surface area contributed by atoms with Crippen LogP contribution in [0.4, 0.5) is 0 Å². The fourth-order valence-corrected chi connectivity index (χ4v) is 2.82. The van der Waals surface area contributed by atoms with E-state index in [1.54, 1.807) is 12.4 Å². The van der Waals surface area contributed by atoms with Crippen molar-refractivity contribution in [1.29, 1.82) is 0 Å². The van der Waals surface area contributed by atoms with Crippen LogP contribution in [0.15, 0.2) is 42.9 Å². The molecule has 0 radical (unpaired) electrons. The average molecular weight is 269 g/mol. The zero-order chi connectivity index (χ0) is 13.8. The second-order valence-electron chi connectivity index (χ2n) is 5.08. The van der Waals surface area contributed by atoms with Gasteiger partial charge in [0.2, 0.25) is 0 Å². The van der Waals surface area contributed by atoms with E-state index in [1.165, 1.54) is 5.56 Å². The van der Waals surface area contributed by atoms with Crippen LogP contribution < -0.4 is 10.1 Å². The first-order valence-corrected chi connectivity index (χ1v) is 7.03. The van der Waals surface area contributed by atoms with Gasteiger partial charge in [0, 0.05) is 18.6 Å². The van der Waals surface area contributed by atoms with E-state index in [1.807, 2.05) is 19.3 Å². The first-order valence-electron chi connectivity index (χ1n) is 7.03. The third-order valence-electron chi connectivity index (χ3n) is 3.89. The second-order valence-corrected chi connectivity index (χ2v) is 5.08. The largest absolute Gasteiger partial charge is 0.493 e. The lowest BCUT2D eigenvalue weighted by Crippen LogP contribution is -2.23. The van der Waals surface area contributed by atoms with Crippen molar-refractivity contribution in [1.82, 2.24) is 15.3 Å². The van der Waals surface area contributed by atoms with Crippen molar-refractivity contribution < 1.29 is 4.74 Å². The van der Waals surface area contributed by atoms with Crippen LogP contribution in [0.5, 0.6) is 5.75 Å². The minimum Gasteiger partial charge on any atom is -0.493 e. The normalized spacial score (nSPS) is 18.9. The van der Waals surface area contributed by atoms with Crippen LogP contribution in [-0.2, 0) is 0 Å². The molecule has 2 unspecified atom stereocenters. The summed E-state index contributed by atoms with van der Waals surface area (Å²) in [4.78, 5) is 8.58. The van der Waals surface area contributed by atoms with Crippen molar-refractivity contribution in [3.05, 3.63) is 54.1 Å². The Morgan fingerprint density at radius 2 is 2.25 bits per heavy atom. The molecule has 1 aliphatic rings. The number of hydrogen-bond acceptors (Lipinski definition) is 4. The molecule has 0 aliphatic carbocycles. The number of ether oxygens (including phenoxy) is 1. The molecule has 20 heavy (non-hydrogen) atoms. The molecule has 4 heteroatoms. The fraction of sp³-hybridized carbons (Fsp3) is 0.375. The van der Waals surface area contributed by atoms with Crippen molar-refractivity contribution in [2.24, 2.45) is 0 Å². The van der Waals surface area contributed by atoms with Gasteiger partial charge in [-0.2, -0.15) is 0 Å². The Labute approximate surface area is 119 Å². The molecule has 1 N–H and O–H groups in total. The van der Waals surface area contributed by atoms with Crippen molar-refractivity contribution in [3.63, 3.8) is 0 Å². The van der Waals surface area contributed by atoms with E-state index in [4.69, 9.17) is 4.74 Å². The number of benzene rings is 1. The summed E-state index contributed by atoms with van der Waals surface area (Å²) in [6.45, 7) is 0.790. The highest BCUT2D eigenvalue weighted by Crippen LogP contribution is 2.38. The minimum absolute atomic E-state index is 0.222. The topological polar surface area (TPSA) is 47.0 Å². The Morgan fingerprint density at radius 1 is 1.35 bits per heavy atom. The molecule has 1 aromatic heterocycles. The number of aromatic nitrogens is 2. The van der Waals surface area contributed by atoms with Gasteiger partial charge < -0.3 is 10.1 Å². The Balaban J connectivity index is 1.81. The highest BCUT2D eigenvalue weighted by atomic mass is 16.5. The molecule has 1 aromatic carbocycles. The predicted molar refractivity (Wildman–Crippen MR) is 77.7 cm³/mol. The van der Waals surface area contributed by atoms with E-state index in [2.05, 4.69) is 33.5 Å². The van der Waals surface area contributed by atoms with Crippen LogP contribution in [0, 0.1) is 0 Å². The molecule has 0 bridgehead atoms. The summed E-state index contributed by atoms with van der Waals surface area (Å²) in [7, 11) is 1.98. The van der Waals surface area contributed by atoms with Gasteiger partial charge in [-0.3, -0.25) is 9.97 Å². The van der Waals surface area contributed by atoms with Gasteiger partial charge in [-0.1, -0.05) is 18.2 Å². The molecule has 2 aromatic rings. The predicted octanol–water partition coefficient (Wildman–Crippen LogP) is 2.69. The van der Waals surface area contributed by atoms with Gasteiger partial charge >= 0.3 is 0 Å². The number of nitrogens with zero attached hydrogens (tertiary/aromatic N) is 2. The summed E-state index contributed by atoms with van der Waals surface area (Å²) >= 11 is 0. The lowest BCUT2D eigenvalue weighted by molar-refractivity contribution is 0.256. The van der Waals surface area contributed by atoms with Crippen LogP contribution in [0.2, 0.25) is 0 Å². The minimum atomic E-state index is 0.222. The van der Waals surface area contributed by atoms with Crippen LogP contribution in [0.1, 0.15) is 36.1 Å². The molecular weight excluding hydrogens is 250 g/mol. The molecule has 0 fully saturated rings. The quantitative estimate of drug-likeness (QED) is 0.927. The molecular formula is C16H19N3O. The van der Waals surface area contributed by atoms with E-state index in [0.29, 0.717) is 5.92 Å². The number of nitrogens with one attached hydrogen (secondary N) is 1. The van der Waals surface area contributed by atoms with Gasteiger partial charge in [-0.25, -0.2) is 0 Å². The van der Waals surface area contributed by atoms with Crippen molar-refractivity contribution in [2.45, 2.75) is 24.8 Å². The molecule has 0 saturated carbocycles. The van der Waals surface area contributed by atoms with Gasteiger partial charge in [0.1, 0.15) is 5.75 Å². The number of rotatable bonds is 4. The molecule has 0 amide bonds. The Bertz CT molecular complexity index is 559. The standard InChI is InChI=1S/C16H19N3O/c1-17-14(15-11-18-7-8-19-15)10-12-6-9-20-16-5-3-2-4-13(12)16/h2-5,7-8,11-12,14,17H,6,9-10H2,1H3. The molecule has 1 aliphatic heterocycles. The SMILES string of the molecule is CNC(CC1CCOc2ccccc21)c1cnccn1. The Morgan fingerprint density at radius 3 is 3.05 bits per heavy atom. The lowest BCUT2D eigenvalue weighted by atomic mass is 9.87. The smallest absolute Gasteiger partial charge is 0.122 e. The zero-order valence-electron chi connectivity index (χ0n) is 11.6. The monoisotopic (exact) mass is 269 g/mol. The first-order chi connectivity index (χ1) is 9.88. The average Bonchev–Trinajstić information content (AvgIpc) is 2.53. The van der Waals surface area contributed by atoms with E-state index < -0.39 is 0 Å². The third kappa shape index (κ3) is 2.65. The summed E-state index contributed by atoms with van der Waals surface area (Å²) in [6, 6.07) is 8.55. The highest BCUT2D eigenvalue weighted by molar-refractivity contribution is 5.38.